The lowest BCUT2D eigenvalue weighted by molar-refractivity contribution is -0.384. The summed E-state index contributed by atoms with van der Waals surface area (Å²) in [4.78, 5) is 28.6. The first-order valence-electron chi connectivity index (χ1n) is 11.6. The van der Waals surface area contributed by atoms with E-state index in [2.05, 4.69) is 49.2 Å². The maximum Gasteiger partial charge on any atom is 0.293 e. The Morgan fingerprint density at radius 3 is 2.18 bits per heavy atom. The van der Waals surface area contributed by atoms with Gasteiger partial charge in [0.05, 0.1) is 4.92 Å². The molecule has 0 unspecified atom stereocenters. The van der Waals surface area contributed by atoms with E-state index in [0.717, 1.165) is 19.5 Å². The third-order valence-corrected chi connectivity index (χ3v) is 6.38. The van der Waals surface area contributed by atoms with Gasteiger partial charge in [0.15, 0.2) is 0 Å². The number of piperazine rings is 1. The van der Waals surface area contributed by atoms with Crippen LogP contribution >= 0.6 is 0 Å². The number of carbonyl (C=O) groups excluding carboxylic acids is 1. The van der Waals surface area contributed by atoms with Crippen molar-refractivity contribution in [2.75, 3.05) is 41.3 Å². The third kappa shape index (κ3) is 5.03. The topological polar surface area (TPSA) is 78.7 Å². The summed E-state index contributed by atoms with van der Waals surface area (Å²) in [7, 11) is 0. The average molecular weight is 459 g/mol. The van der Waals surface area contributed by atoms with Gasteiger partial charge in [-0.25, -0.2) is 0 Å². The van der Waals surface area contributed by atoms with Gasteiger partial charge in [-0.2, -0.15) is 0 Å². The van der Waals surface area contributed by atoms with Crippen LogP contribution < -0.4 is 15.1 Å². The zero-order chi connectivity index (χ0) is 24.2. The molecule has 1 fully saturated rings. The molecule has 34 heavy (non-hydrogen) atoms. The third-order valence-electron chi connectivity index (χ3n) is 6.38. The van der Waals surface area contributed by atoms with Crippen molar-refractivity contribution in [2.24, 2.45) is 0 Å². The number of hydrogen-bond acceptors (Lipinski definition) is 5. The average Bonchev–Trinajstić information content (AvgIpc) is 2.85. The molecule has 1 N–H and O–H groups in total. The second kappa shape index (κ2) is 9.95. The van der Waals surface area contributed by atoms with Crippen molar-refractivity contribution in [1.29, 1.82) is 0 Å². The van der Waals surface area contributed by atoms with Gasteiger partial charge < -0.3 is 15.1 Å². The fourth-order valence-electron chi connectivity index (χ4n) is 4.35. The van der Waals surface area contributed by atoms with Crippen molar-refractivity contribution in [2.45, 2.75) is 27.2 Å². The van der Waals surface area contributed by atoms with E-state index in [1.807, 2.05) is 29.2 Å². The van der Waals surface area contributed by atoms with Crippen molar-refractivity contribution in [3.05, 3.63) is 93.0 Å². The Bertz CT molecular complexity index is 1200. The van der Waals surface area contributed by atoms with Gasteiger partial charge in [0.25, 0.3) is 11.6 Å². The number of carbonyl (C=O) groups is 1. The zero-order valence-electron chi connectivity index (χ0n) is 19.9. The van der Waals surface area contributed by atoms with Gasteiger partial charge in [0.2, 0.25) is 0 Å². The SMILES string of the molecule is CCc1ccc(NC(=O)c2ccc(N3CCN(c4cc(C)ccc4C)CC3)c([N+](=O)[O-])c2)cc1. The molecule has 0 radical (unpaired) electrons. The monoisotopic (exact) mass is 458 g/mol. The van der Waals surface area contributed by atoms with Crippen LogP contribution in [-0.4, -0.2) is 37.0 Å². The second-order valence-corrected chi connectivity index (χ2v) is 8.73. The summed E-state index contributed by atoms with van der Waals surface area (Å²) in [5.41, 5.74) is 6.27. The zero-order valence-corrected chi connectivity index (χ0v) is 19.9. The van der Waals surface area contributed by atoms with Crippen molar-refractivity contribution < 1.29 is 9.72 Å². The van der Waals surface area contributed by atoms with Crippen molar-refractivity contribution in [3.63, 3.8) is 0 Å². The predicted octanol–water partition coefficient (Wildman–Crippen LogP) is 5.35. The fraction of sp³-hybridized carbons (Fsp3) is 0.296. The minimum absolute atomic E-state index is 0.0471. The van der Waals surface area contributed by atoms with E-state index in [-0.39, 0.29) is 17.2 Å². The summed E-state index contributed by atoms with van der Waals surface area (Å²) < 4.78 is 0. The maximum atomic E-state index is 12.7. The van der Waals surface area contributed by atoms with Gasteiger partial charge in [-0.05, 0) is 67.3 Å². The Kier molecular flexibility index (Phi) is 6.82. The number of benzene rings is 3. The highest BCUT2D eigenvalue weighted by Gasteiger charge is 2.26. The summed E-state index contributed by atoms with van der Waals surface area (Å²) in [5.74, 6) is -0.362. The van der Waals surface area contributed by atoms with Crippen LogP contribution in [0.5, 0.6) is 0 Å². The number of rotatable bonds is 6. The number of nitrogens with one attached hydrogen (secondary N) is 1. The first-order valence-corrected chi connectivity index (χ1v) is 11.6. The predicted molar refractivity (Wildman–Crippen MR) is 137 cm³/mol. The smallest absolute Gasteiger partial charge is 0.293 e. The summed E-state index contributed by atoms with van der Waals surface area (Å²) in [6.07, 6.45) is 0.917. The number of nitro groups is 1. The molecule has 1 saturated heterocycles. The minimum Gasteiger partial charge on any atom is -0.368 e. The van der Waals surface area contributed by atoms with E-state index in [1.165, 1.54) is 28.4 Å². The Hall–Kier alpha value is -3.87. The summed E-state index contributed by atoms with van der Waals surface area (Å²) in [6, 6.07) is 18.8. The van der Waals surface area contributed by atoms with Gasteiger partial charge in [-0.3, -0.25) is 14.9 Å². The molecule has 1 aliphatic heterocycles. The maximum absolute atomic E-state index is 12.7. The molecule has 7 nitrogen and oxygen atoms in total. The summed E-state index contributed by atoms with van der Waals surface area (Å²) >= 11 is 0. The van der Waals surface area contributed by atoms with E-state index in [1.54, 1.807) is 12.1 Å². The molecule has 4 rings (SSSR count). The normalized spacial score (nSPS) is 13.6. The Labute approximate surface area is 200 Å². The Balaban J connectivity index is 1.49. The van der Waals surface area contributed by atoms with Crippen LogP contribution in [0.4, 0.5) is 22.7 Å². The van der Waals surface area contributed by atoms with Crippen LogP contribution in [0.15, 0.2) is 60.7 Å². The molecule has 1 amide bonds. The molecule has 0 bridgehead atoms. The standard InChI is InChI=1S/C27H30N4O3/c1-4-21-7-10-23(11-8-21)28-27(32)22-9-12-24(26(18-22)31(33)34)29-13-15-30(16-14-29)25-17-19(2)5-6-20(25)3/h5-12,17-18H,4,13-16H2,1-3H3,(H,28,32). The quantitative estimate of drug-likeness (QED) is 0.398. The highest BCUT2D eigenvalue weighted by Crippen LogP contribution is 2.32. The van der Waals surface area contributed by atoms with Crippen LogP contribution in [0.25, 0.3) is 0 Å². The highest BCUT2D eigenvalue weighted by atomic mass is 16.6. The number of hydrogen-bond donors (Lipinski definition) is 1. The summed E-state index contributed by atoms with van der Waals surface area (Å²) in [6.45, 7) is 9.15. The number of nitrogens with zero attached hydrogens (tertiary/aromatic N) is 3. The molecule has 1 aliphatic rings. The Morgan fingerprint density at radius 2 is 1.56 bits per heavy atom. The van der Waals surface area contributed by atoms with Crippen molar-refractivity contribution >= 4 is 28.7 Å². The van der Waals surface area contributed by atoms with E-state index in [0.29, 0.717) is 24.5 Å². The minimum atomic E-state index is -0.404. The van der Waals surface area contributed by atoms with Gasteiger partial charge in [0, 0.05) is 49.2 Å². The lowest BCUT2D eigenvalue weighted by atomic mass is 10.1. The Morgan fingerprint density at radius 1 is 0.912 bits per heavy atom. The molecule has 176 valence electrons. The lowest BCUT2D eigenvalue weighted by Crippen LogP contribution is -2.47. The van der Waals surface area contributed by atoms with E-state index < -0.39 is 4.92 Å². The first kappa shape index (κ1) is 23.3. The van der Waals surface area contributed by atoms with Crippen molar-refractivity contribution in [1.82, 2.24) is 0 Å². The molecule has 7 heteroatoms. The van der Waals surface area contributed by atoms with Crippen LogP contribution in [0.1, 0.15) is 34.0 Å². The molecule has 3 aromatic carbocycles. The number of aryl methyl sites for hydroxylation is 3. The largest absolute Gasteiger partial charge is 0.368 e. The van der Waals surface area contributed by atoms with Gasteiger partial charge >= 0.3 is 0 Å². The van der Waals surface area contributed by atoms with Crippen LogP contribution in [0, 0.1) is 24.0 Å². The molecule has 0 saturated carbocycles. The van der Waals surface area contributed by atoms with Crippen LogP contribution in [0.2, 0.25) is 0 Å². The van der Waals surface area contributed by atoms with E-state index in [4.69, 9.17) is 0 Å². The lowest BCUT2D eigenvalue weighted by Gasteiger charge is -2.37. The van der Waals surface area contributed by atoms with E-state index >= 15 is 0 Å². The second-order valence-electron chi connectivity index (χ2n) is 8.73. The number of anilines is 3. The molecule has 0 atom stereocenters. The molecule has 1 heterocycles. The molecule has 3 aromatic rings. The van der Waals surface area contributed by atoms with Crippen LogP contribution in [0.3, 0.4) is 0 Å². The first-order chi connectivity index (χ1) is 16.4. The summed E-state index contributed by atoms with van der Waals surface area (Å²) in [5, 5.41) is 14.7. The van der Waals surface area contributed by atoms with Crippen LogP contribution in [-0.2, 0) is 6.42 Å². The number of amides is 1. The van der Waals surface area contributed by atoms with Crippen molar-refractivity contribution in [3.8, 4) is 0 Å². The fourth-order valence-corrected chi connectivity index (χ4v) is 4.35. The van der Waals surface area contributed by atoms with Gasteiger partial charge in [-0.15, -0.1) is 0 Å². The molecule has 0 aliphatic carbocycles. The molecule has 0 spiro atoms. The highest BCUT2D eigenvalue weighted by molar-refractivity contribution is 6.05. The van der Waals surface area contributed by atoms with Gasteiger partial charge in [-0.1, -0.05) is 31.2 Å². The van der Waals surface area contributed by atoms with Gasteiger partial charge in [0.1, 0.15) is 5.69 Å². The molecular weight excluding hydrogens is 428 g/mol. The number of nitro benzene ring substituents is 1. The molecule has 0 aromatic heterocycles. The van der Waals surface area contributed by atoms with E-state index in [9.17, 15) is 14.9 Å². The molecular formula is C27H30N4O3.